The molecule has 6 heteroatoms. The number of hydrogen-bond acceptors (Lipinski definition) is 3. The van der Waals surface area contributed by atoms with Crippen molar-refractivity contribution < 1.29 is 19.4 Å². The number of hydrogen-bond donors (Lipinski definition) is 2. The summed E-state index contributed by atoms with van der Waals surface area (Å²) in [5.41, 5.74) is -1.29. The fraction of sp³-hybridized carbons (Fsp3) is 0.429. The van der Waals surface area contributed by atoms with Crippen LogP contribution in [0.2, 0.25) is 0 Å². The number of carboxylic acid groups (broad SMARTS) is 1. The summed E-state index contributed by atoms with van der Waals surface area (Å²) < 4.78 is 6.33. The van der Waals surface area contributed by atoms with Crippen molar-refractivity contribution in [3.05, 3.63) is 28.7 Å². The van der Waals surface area contributed by atoms with Crippen LogP contribution in [0.3, 0.4) is 0 Å². The minimum Gasteiger partial charge on any atom is -0.481 e. The molecule has 0 bridgehead atoms. The van der Waals surface area contributed by atoms with E-state index in [1.54, 1.807) is 32.0 Å². The third kappa shape index (κ3) is 4.23. The number of carboxylic acids is 1. The van der Waals surface area contributed by atoms with Crippen LogP contribution in [0.15, 0.2) is 28.7 Å². The first-order valence-corrected chi connectivity index (χ1v) is 7.05. The highest BCUT2D eigenvalue weighted by molar-refractivity contribution is 9.10. The highest BCUT2D eigenvalue weighted by Crippen LogP contribution is 2.19. The minimum absolute atomic E-state index is 0.289. The van der Waals surface area contributed by atoms with E-state index >= 15 is 0 Å². The van der Waals surface area contributed by atoms with Gasteiger partial charge in [-0.05, 0) is 38.5 Å². The Morgan fingerprint density at radius 3 is 2.65 bits per heavy atom. The second-order valence-electron chi connectivity index (χ2n) is 4.70. The van der Waals surface area contributed by atoms with Gasteiger partial charge < -0.3 is 15.2 Å². The van der Waals surface area contributed by atoms with Gasteiger partial charge in [0, 0.05) is 4.47 Å². The highest BCUT2D eigenvalue weighted by Gasteiger charge is 2.34. The van der Waals surface area contributed by atoms with Crippen molar-refractivity contribution in [2.75, 3.05) is 0 Å². The molecule has 1 rings (SSSR count). The molecular weight excluding hydrogens is 326 g/mol. The maximum atomic E-state index is 12.0. The second kappa shape index (κ2) is 6.74. The summed E-state index contributed by atoms with van der Waals surface area (Å²) in [5, 5.41) is 11.6. The number of halogens is 1. The zero-order chi connectivity index (χ0) is 15.3. The van der Waals surface area contributed by atoms with Crippen LogP contribution in [0.25, 0.3) is 0 Å². The molecule has 0 saturated carbocycles. The quantitative estimate of drug-likeness (QED) is 0.832. The summed E-state index contributed by atoms with van der Waals surface area (Å²) in [7, 11) is 0. The number of nitrogens with one attached hydrogen (secondary N) is 1. The number of amides is 1. The number of ether oxygens (including phenoxy) is 1. The van der Waals surface area contributed by atoms with E-state index in [1.807, 2.05) is 6.07 Å². The molecule has 0 saturated heterocycles. The molecule has 0 aliphatic carbocycles. The lowest BCUT2D eigenvalue weighted by Gasteiger charge is -2.26. The van der Waals surface area contributed by atoms with Gasteiger partial charge in [-0.3, -0.25) is 4.79 Å². The lowest BCUT2D eigenvalue weighted by Crippen LogP contribution is -2.54. The first kappa shape index (κ1) is 16.5. The van der Waals surface area contributed by atoms with Crippen LogP contribution in [0.1, 0.15) is 27.2 Å². The second-order valence-corrected chi connectivity index (χ2v) is 5.61. The molecule has 2 unspecified atom stereocenters. The molecule has 110 valence electrons. The molecule has 5 nitrogen and oxygen atoms in total. The van der Waals surface area contributed by atoms with Crippen LogP contribution in [0.5, 0.6) is 5.75 Å². The topological polar surface area (TPSA) is 75.6 Å². The maximum absolute atomic E-state index is 12.0. The van der Waals surface area contributed by atoms with Gasteiger partial charge in [-0.25, -0.2) is 4.79 Å². The minimum atomic E-state index is -1.29. The predicted octanol–water partition coefficient (Wildman–Crippen LogP) is 2.59. The summed E-state index contributed by atoms with van der Waals surface area (Å²) >= 11 is 3.31. The fourth-order valence-electron chi connectivity index (χ4n) is 1.46. The third-order valence-corrected chi connectivity index (χ3v) is 3.55. The lowest BCUT2D eigenvalue weighted by molar-refractivity contribution is -0.148. The Kier molecular flexibility index (Phi) is 5.56. The van der Waals surface area contributed by atoms with Crippen molar-refractivity contribution in [2.45, 2.75) is 38.8 Å². The highest BCUT2D eigenvalue weighted by atomic mass is 79.9. The van der Waals surface area contributed by atoms with Crippen molar-refractivity contribution in [3.8, 4) is 5.75 Å². The molecule has 0 fully saturated rings. The number of aliphatic carboxylic acids is 1. The average molecular weight is 344 g/mol. The normalized spacial score (nSPS) is 15.0. The first-order chi connectivity index (χ1) is 9.28. The Morgan fingerprint density at radius 1 is 1.50 bits per heavy atom. The van der Waals surface area contributed by atoms with E-state index in [-0.39, 0.29) is 6.42 Å². The summed E-state index contributed by atoms with van der Waals surface area (Å²) in [4.78, 5) is 23.2. The Labute approximate surface area is 126 Å². The molecule has 0 heterocycles. The van der Waals surface area contributed by atoms with Crippen molar-refractivity contribution in [1.82, 2.24) is 5.32 Å². The molecule has 2 N–H and O–H groups in total. The van der Waals surface area contributed by atoms with Gasteiger partial charge in [0.15, 0.2) is 6.10 Å². The average Bonchev–Trinajstić information content (AvgIpc) is 2.38. The van der Waals surface area contributed by atoms with Crippen LogP contribution in [-0.2, 0) is 9.59 Å². The molecule has 0 radical (unpaired) electrons. The largest absolute Gasteiger partial charge is 0.481 e. The van der Waals surface area contributed by atoms with Crippen LogP contribution >= 0.6 is 15.9 Å². The summed E-state index contributed by atoms with van der Waals surface area (Å²) in [6.07, 6.45) is -0.493. The van der Waals surface area contributed by atoms with Crippen LogP contribution in [0.4, 0.5) is 0 Å². The van der Waals surface area contributed by atoms with Gasteiger partial charge in [-0.1, -0.05) is 28.9 Å². The molecule has 20 heavy (non-hydrogen) atoms. The molecule has 1 aromatic carbocycles. The first-order valence-electron chi connectivity index (χ1n) is 6.26. The predicted molar refractivity (Wildman–Crippen MR) is 78.7 cm³/mol. The zero-order valence-electron chi connectivity index (χ0n) is 11.6. The van der Waals surface area contributed by atoms with Gasteiger partial charge >= 0.3 is 5.97 Å². The van der Waals surface area contributed by atoms with Crippen molar-refractivity contribution in [2.24, 2.45) is 0 Å². The number of carbonyl (C=O) groups is 2. The Hall–Kier alpha value is -1.56. The number of rotatable bonds is 6. The van der Waals surface area contributed by atoms with Crippen LogP contribution in [0, 0.1) is 0 Å². The molecule has 2 atom stereocenters. The van der Waals surface area contributed by atoms with E-state index in [9.17, 15) is 9.59 Å². The molecule has 0 spiro atoms. The van der Waals surface area contributed by atoms with E-state index in [1.165, 1.54) is 6.92 Å². The summed E-state index contributed by atoms with van der Waals surface area (Å²) in [6.45, 7) is 4.75. The smallest absolute Gasteiger partial charge is 0.329 e. The number of benzene rings is 1. The lowest BCUT2D eigenvalue weighted by atomic mass is 9.99. The van der Waals surface area contributed by atoms with Gasteiger partial charge in [0.2, 0.25) is 0 Å². The van der Waals surface area contributed by atoms with Gasteiger partial charge in [0.25, 0.3) is 5.91 Å². The molecule has 0 aromatic heterocycles. The van der Waals surface area contributed by atoms with Crippen LogP contribution in [-0.4, -0.2) is 28.6 Å². The third-order valence-electron chi connectivity index (χ3n) is 3.06. The van der Waals surface area contributed by atoms with Crippen molar-refractivity contribution in [3.63, 3.8) is 0 Å². The molecule has 0 aliphatic heterocycles. The Balaban J connectivity index is 2.70. The SMILES string of the molecule is CCC(C)(NC(=O)C(C)Oc1cccc(Br)c1)C(=O)O. The molecular formula is C14H18BrNO4. The van der Waals surface area contributed by atoms with Crippen molar-refractivity contribution in [1.29, 1.82) is 0 Å². The summed E-state index contributed by atoms with van der Waals surface area (Å²) in [5.74, 6) is -0.990. The van der Waals surface area contributed by atoms with E-state index in [0.29, 0.717) is 5.75 Å². The Morgan fingerprint density at radius 2 is 2.15 bits per heavy atom. The molecule has 1 aromatic rings. The van der Waals surface area contributed by atoms with Gasteiger partial charge in [-0.2, -0.15) is 0 Å². The van der Waals surface area contributed by atoms with E-state index in [0.717, 1.165) is 4.47 Å². The fourth-order valence-corrected chi connectivity index (χ4v) is 1.84. The maximum Gasteiger partial charge on any atom is 0.329 e. The van der Waals surface area contributed by atoms with Gasteiger partial charge in [0.05, 0.1) is 0 Å². The zero-order valence-corrected chi connectivity index (χ0v) is 13.2. The Bertz CT molecular complexity index is 506. The van der Waals surface area contributed by atoms with E-state index < -0.39 is 23.5 Å². The van der Waals surface area contributed by atoms with Crippen molar-refractivity contribution >= 4 is 27.8 Å². The van der Waals surface area contributed by atoms with E-state index in [2.05, 4.69) is 21.2 Å². The standard InChI is InChI=1S/C14H18BrNO4/c1-4-14(3,13(18)19)16-12(17)9(2)20-11-7-5-6-10(15)8-11/h5-9H,4H2,1-3H3,(H,16,17)(H,18,19). The van der Waals surface area contributed by atoms with E-state index in [4.69, 9.17) is 9.84 Å². The monoisotopic (exact) mass is 343 g/mol. The summed E-state index contributed by atoms with van der Waals surface area (Å²) in [6, 6.07) is 7.10. The molecule has 0 aliphatic rings. The van der Waals surface area contributed by atoms with Crippen LogP contribution < -0.4 is 10.1 Å². The number of carbonyl (C=O) groups excluding carboxylic acids is 1. The van der Waals surface area contributed by atoms with Gasteiger partial charge in [0.1, 0.15) is 11.3 Å². The molecule has 1 amide bonds. The van der Waals surface area contributed by atoms with Gasteiger partial charge in [-0.15, -0.1) is 0 Å².